The maximum Gasteiger partial charge on any atom is 0.0375 e. The molecule has 0 amide bonds. The van der Waals surface area contributed by atoms with Gasteiger partial charge in [-0.05, 0) is 23.8 Å². The lowest BCUT2D eigenvalue weighted by Gasteiger charge is -2.08. The molecule has 12 heavy (non-hydrogen) atoms. The Morgan fingerprint density at radius 2 is 2.00 bits per heavy atom. The van der Waals surface area contributed by atoms with Crippen molar-refractivity contribution in [1.29, 1.82) is 0 Å². The van der Waals surface area contributed by atoms with Crippen molar-refractivity contribution in [3.8, 4) is 0 Å². The molecule has 0 aliphatic carbocycles. The zero-order valence-electron chi connectivity index (χ0n) is 7.16. The smallest absolute Gasteiger partial charge is 0.0375 e. The number of thioether (sulfide) groups is 1. The summed E-state index contributed by atoms with van der Waals surface area (Å²) < 4.78 is 0. The third-order valence-electron chi connectivity index (χ3n) is 2.12. The monoisotopic (exact) mass is 176 g/mol. The van der Waals surface area contributed by atoms with E-state index in [1.807, 2.05) is 11.8 Å². The molecule has 0 saturated heterocycles. The molecule has 0 spiro atoms. The predicted molar refractivity (Wildman–Crippen MR) is 55.1 cm³/mol. The van der Waals surface area contributed by atoms with Crippen molar-refractivity contribution in [3.05, 3.63) is 46.9 Å². The first-order chi connectivity index (χ1) is 5.86. The van der Waals surface area contributed by atoms with Gasteiger partial charge < -0.3 is 0 Å². The number of hydrogen-bond acceptors (Lipinski definition) is 1. The van der Waals surface area contributed by atoms with Gasteiger partial charge in [-0.1, -0.05) is 36.4 Å². The van der Waals surface area contributed by atoms with Crippen LogP contribution in [0.3, 0.4) is 0 Å². The van der Waals surface area contributed by atoms with Crippen molar-refractivity contribution < 1.29 is 0 Å². The lowest BCUT2D eigenvalue weighted by Crippen LogP contribution is -1.86. The minimum atomic E-state index is 0.672. The minimum Gasteiger partial charge on any atom is -0.123 e. The summed E-state index contributed by atoms with van der Waals surface area (Å²) in [5, 5.41) is 0.672. The molecule has 1 aromatic carbocycles. The molecule has 1 aromatic rings. The first-order valence-electron chi connectivity index (χ1n) is 4.24. The normalized spacial score (nSPS) is 22.4. The topological polar surface area (TPSA) is 0 Å². The molecule has 1 atom stereocenters. The van der Waals surface area contributed by atoms with E-state index in [4.69, 9.17) is 0 Å². The lowest BCUT2D eigenvalue weighted by molar-refractivity contribution is 0.990. The van der Waals surface area contributed by atoms with Crippen molar-refractivity contribution in [2.75, 3.05) is 0 Å². The van der Waals surface area contributed by atoms with Crippen LogP contribution in [0.5, 0.6) is 0 Å². The molecule has 0 N–H and O–H groups in total. The zero-order chi connectivity index (χ0) is 8.39. The highest BCUT2D eigenvalue weighted by Gasteiger charge is 2.16. The molecule has 0 saturated carbocycles. The highest BCUT2D eigenvalue weighted by molar-refractivity contribution is 8.03. The molecule has 0 aromatic heterocycles. The summed E-state index contributed by atoms with van der Waals surface area (Å²) in [7, 11) is 0. The summed E-state index contributed by atoms with van der Waals surface area (Å²) in [5.41, 5.74) is 1.45. The van der Waals surface area contributed by atoms with Crippen LogP contribution in [-0.2, 0) is 0 Å². The van der Waals surface area contributed by atoms with Crippen LogP contribution in [0.2, 0.25) is 0 Å². The third-order valence-corrected chi connectivity index (χ3v) is 3.41. The molecule has 0 bridgehead atoms. The summed E-state index contributed by atoms with van der Waals surface area (Å²) in [6.07, 6.45) is 3.52. The van der Waals surface area contributed by atoms with E-state index >= 15 is 0 Å². The van der Waals surface area contributed by atoms with Crippen LogP contribution in [-0.4, -0.2) is 0 Å². The van der Waals surface area contributed by atoms with E-state index in [-0.39, 0.29) is 0 Å². The van der Waals surface area contributed by atoms with E-state index in [1.165, 1.54) is 16.9 Å². The van der Waals surface area contributed by atoms with Gasteiger partial charge in [0.2, 0.25) is 0 Å². The molecule has 2 rings (SSSR count). The SMILES string of the molecule is CC1=CCC(c2ccccc2)S1. The Balaban J connectivity index is 2.14. The average molecular weight is 176 g/mol. The summed E-state index contributed by atoms with van der Waals surface area (Å²) in [4.78, 5) is 1.46. The molecule has 1 aliphatic heterocycles. The fourth-order valence-corrected chi connectivity index (χ4v) is 2.59. The van der Waals surface area contributed by atoms with E-state index < -0.39 is 0 Å². The molecule has 1 heterocycles. The molecule has 0 radical (unpaired) electrons. The minimum absolute atomic E-state index is 0.672. The first kappa shape index (κ1) is 7.93. The molecule has 0 nitrogen and oxygen atoms in total. The highest BCUT2D eigenvalue weighted by Crippen LogP contribution is 2.42. The van der Waals surface area contributed by atoms with Gasteiger partial charge >= 0.3 is 0 Å². The van der Waals surface area contributed by atoms with Crippen LogP contribution < -0.4 is 0 Å². The summed E-state index contributed by atoms with van der Waals surface area (Å²) >= 11 is 1.98. The van der Waals surface area contributed by atoms with E-state index in [2.05, 4.69) is 43.3 Å². The molecular weight excluding hydrogens is 164 g/mol. The van der Waals surface area contributed by atoms with Crippen LogP contribution in [0.4, 0.5) is 0 Å². The van der Waals surface area contributed by atoms with Gasteiger partial charge in [-0.2, -0.15) is 0 Å². The Morgan fingerprint density at radius 3 is 2.58 bits per heavy atom. The van der Waals surface area contributed by atoms with Gasteiger partial charge in [0.25, 0.3) is 0 Å². The van der Waals surface area contributed by atoms with Gasteiger partial charge in [0, 0.05) is 5.25 Å². The molecule has 1 aliphatic rings. The van der Waals surface area contributed by atoms with Crippen LogP contribution in [0.15, 0.2) is 41.3 Å². The van der Waals surface area contributed by atoms with Crippen molar-refractivity contribution in [3.63, 3.8) is 0 Å². The highest BCUT2D eigenvalue weighted by atomic mass is 32.2. The molecule has 62 valence electrons. The second-order valence-corrected chi connectivity index (χ2v) is 4.52. The number of benzene rings is 1. The van der Waals surface area contributed by atoms with Gasteiger partial charge in [-0.15, -0.1) is 11.8 Å². The number of allylic oxidation sites excluding steroid dienone is 2. The van der Waals surface area contributed by atoms with Gasteiger partial charge in [-0.25, -0.2) is 0 Å². The van der Waals surface area contributed by atoms with Crippen molar-refractivity contribution in [2.24, 2.45) is 0 Å². The third kappa shape index (κ3) is 1.56. The molecule has 0 fully saturated rings. The Morgan fingerprint density at radius 1 is 1.25 bits per heavy atom. The van der Waals surface area contributed by atoms with Crippen LogP contribution >= 0.6 is 11.8 Å². The first-order valence-corrected chi connectivity index (χ1v) is 5.12. The van der Waals surface area contributed by atoms with Crippen LogP contribution in [0.1, 0.15) is 24.2 Å². The quantitative estimate of drug-likeness (QED) is 0.627. The van der Waals surface area contributed by atoms with E-state index in [1.54, 1.807) is 0 Å². The standard InChI is InChI=1S/C11H12S/c1-9-7-8-11(12-9)10-5-3-2-4-6-10/h2-7,11H,8H2,1H3. The molecule has 1 unspecified atom stereocenters. The summed E-state index contributed by atoms with van der Waals surface area (Å²) in [5.74, 6) is 0. The Labute approximate surface area is 77.7 Å². The van der Waals surface area contributed by atoms with E-state index in [9.17, 15) is 0 Å². The van der Waals surface area contributed by atoms with Crippen molar-refractivity contribution >= 4 is 11.8 Å². The summed E-state index contributed by atoms with van der Waals surface area (Å²) in [6, 6.07) is 10.7. The lowest BCUT2D eigenvalue weighted by atomic mass is 10.1. The van der Waals surface area contributed by atoms with Gasteiger partial charge in [0.15, 0.2) is 0 Å². The maximum atomic E-state index is 2.32. The number of hydrogen-bond donors (Lipinski definition) is 0. The van der Waals surface area contributed by atoms with Crippen molar-refractivity contribution in [1.82, 2.24) is 0 Å². The molecular formula is C11H12S. The van der Waals surface area contributed by atoms with E-state index in [0.717, 1.165) is 0 Å². The average Bonchev–Trinajstić information content (AvgIpc) is 2.54. The zero-order valence-corrected chi connectivity index (χ0v) is 7.97. The predicted octanol–water partition coefficient (Wildman–Crippen LogP) is 3.77. The van der Waals surface area contributed by atoms with Crippen LogP contribution in [0, 0.1) is 0 Å². The van der Waals surface area contributed by atoms with Crippen molar-refractivity contribution in [2.45, 2.75) is 18.6 Å². The van der Waals surface area contributed by atoms with E-state index in [0.29, 0.717) is 5.25 Å². The fourth-order valence-electron chi connectivity index (χ4n) is 1.47. The number of rotatable bonds is 1. The summed E-state index contributed by atoms with van der Waals surface area (Å²) in [6.45, 7) is 2.19. The fraction of sp³-hybridized carbons (Fsp3) is 0.273. The Kier molecular flexibility index (Phi) is 2.22. The molecule has 1 heteroatoms. The Bertz CT molecular complexity index is 287. The second kappa shape index (κ2) is 3.36. The Hall–Kier alpha value is -0.690. The van der Waals surface area contributed by atoms with Gasteiger partial charge in [0.1, 0.15) is 0 Å². The van der Waals surface area contributed by atoms with Crippen LogP contribution in [0.25, 0.3) is 0 Å². The second-order valence-electron chi connectivity index (χ2n) is 3.07. The van der Waals surface area contributed by atoms with Gasteiger partial charge in [-0.3, -0.25) is 0 Å². The van der Waals surface area contributed by atoms with Gasteiger partial charge in [0.05, 0.1) is 0 Å². The largest absolute Gasteiger partial charge is 0.123 e. The maximum absolute atomic E-state index is 2.32.